The second-order valence-corrected chi connectivity index (χ2v) is 7.08. The summed E-state index contributed by atoms with van der Waals surface area (Å²) in [6.45, 7) is 0.723. The van der Waals surface area contributed by atoms with Gasteiger partial charge in [-0.15, -0.1) is 0 Å². The quantitative estimate of drug-likeness (QED) is 0.651. The van der Waals surface area contributed by atoms with Crippen LogP contribution in [-0.4, -0.2) is 46.8 Å². The number of amides is 4. The van der Waals surface area contributed by atoms with Crippen LogP contribution in [0, 0.1) is 11.8 Å². The van der Waals surface area contributed by atoms with E-state index in [1.165, 1.54) is 4.90 Å². The molecule has 130 valence electrons. The highest BCUT2D eigenvalue weighted by atomic mass is 35.5. The number of allylic oxidation sites excluding steroid dienone is 2. The van der Waals surface area contributed by atoms with E-state index < -0.39 is 0 Å². The van der Waals surface area contributed by atoms with Crippen LogP contribution in [-0.2, 0) is 9.59 Å². The lowest BCUT2D eigenvalue weighted by Gasteiger charge is -2.43. The summed E-state index contributed by atoms with van der Waals surface area (Å²) in [5.41, 5.74) is 0.544. The first-order chi connectivity index (χ1) is 12.1. The molecule has 4 rings (SSSR count). The van der Waals surface area contributed by atoms with Crippen LogP contribution >= 0.6 is 11.6 Å². The molecule has 2 saturated heterocycles. The Kier molecular flexibility index (Phi) is 4.00. The average molecular weight is 360 g/mol. The van der Waals surface area contributed by atoms with Crippen molar-refractivity contribution in [3.63, 3.8) is 0 Å². The molecule has 6 nitrogen and oxygen atoms in total. The van der Waals surface area contributed by atoms with Crippen molar-refractivity contribution in [3.8, 4) is 0 Å². The monoisotopic (exact) mass is 359 g/mol. The van der Waals surface area contributed by atoms with Gasteiger partial charge in [-0.1, -0.05) is 35.9 Å². The minimum atomic E-state index is -0.275. The molecule has 2 fully saturated rings. The van der Waals surface area contributed by atoms with Crippen molar-refractivity contribution in [1.82, 2.24) is 9.80 Å². The molecule has 0 aromatic heterocycles. The van der Waals surface area contributed by atoms with E-state index in [9.17, 15) is 14.4 Å². The maximum atomic E-state index is 12.5. The summed E-state index contributed by atoms with van der Waals surface area (Å²) in [7, 11) is 0. The summed E-state index contributed by atoms with van der Waals surface area (Å²) in [6, 6.07) is 6.51. The Morgan fingerprint density at radius 1 is 1.04 bits per heavy atom. The Bertz CT molecular complexity index is 747. The Balaban J connectivity index is 1.37. The van der Waals surface area contributed by atoms with Gasteiger partial charge in [-0.3, -0.25) is 14.5 Å². The smallest absolute Gasteiger partial charge is 0.320 e. The number of anilines is 1. The number of carbonyl (C=O) groups excluding carboxylic acids is 3. The molecule has 25 heavy (non-hydrogen) atoms. The van der Waals surface area contributed by atoms with Gasteiger partial charge in [0.25, 0.3) is 0 Å². The number of hydrogen-bond donors (Lipinski definition) is 1. The van der Waals surface area contributed by atoms with Crippen molar-refractivity contribution < 1.29 is 14.4 Å². The Morgan fingerprint density at radius 2 is 1.64 bits per heavy atom. The van der Waals surface area contributed by atoms with Gasteiger partial charge in [-0.25, -0.2) is 4.79 Å². The molecule has 1 aromatic carbocycles. The summed E-state index contributed by atoms with van der Waals surface area (Å²) in [5, 5.41) is 3.22. The second-order valence-electron chi connectivity index (χ2n) is 6.67. The van der Waals surface area contributed by atoms with Crippen LogP contribution in [0.25, 0.3) is 0 Å². The van der Waals surface area contributed by atoms with Gasteiger partial charge in [0, 0.05) is 13.1 Å². The Morgan fingerprint density at radius 3 is 2.24 bits per heavy atom. The zero-order valence-corrected chi connectivity index (χ0v) is 14.3. The first-order valence-corrected chi connectivity index (χ1v) is 8.76. The van der Waals surface area contributed by atoms with Crippen molar-refractivity contribution >= 4 is 35.1 Å². The third-order valence-corrected chi connectivity index (χ3v) is 5.50. The predicted octanol–water partition coefficient (Wildman–Crippen LogP) is 2.51. The molecule has 7 heteroatoms. The number of halogens is 1. The lowest BCUT2D eigenvalue weighted by Crippen LogP contribution is -2.63. The topological polar surface area (TPSA) is 69.7 Å². The van der Waals surface area contributed by atoms with Crippen LogP contribution < -0.4 is 5.32 Å². The number of likely N-dealkylation sites (tertiary alicyclic amines) is 2. The van der Waals surface area contributed by atoms with Crippen molar-refractivity contribution in [2.75, 3.05) is 18.4 Å². The van der Waals surface area contributed by atoms with E-state index in [0.29, 0.717) is 36.6 Å². The van der Waals surface area contributed by atoms with Gasteiger partial charge >= 0.3 is 6.03 Å². The lowest BCUT2D eigenvalue weighted by molar-refractivity contribution is -0.145. The van der Waals surface area contributed by atoms with Crippen LogP contribution in [0.3, 0.4) is 0 Å². The van der Waals surface area contributed by atoms with E-state index in [2.05, 4.69) is 5.32 Å². The van der Waals surface area contributed by atoms with E-state index in [1.807, 2.05) is 12.2 Å². The molecule has 0 saturated carbocycles. The van der Waals surface area contributed by atoms with Gasteiger partial charge in [-0.05, 0) is 25.0 Å². The zero-order chi connectivity index (χ0) is 17.6. The molecule has 3 aliphatic rings. The number of para-hydroxylation sites is 1. The average Bonchev–Trinajstić information content (AvgIpc) is 2.81. The number of nitrogens with zero attached hydrogens (tertiary/aromatic N) is 2. The summed E-state index contributed by atoms with van der Waals surface area (Å²) in [6.07, 6.45) is 5.21. The first-order valence-electron chi connectivity index (χ1n) is 8.38. The molecule has 0 radical (unpaired) electrons. The number of fused-ring (bicyclic) bond motifs is 1. The fourth-order valence-electron chi connectivity index (χ4n) is 3.73. The van der Waals surface area contributed by atoms with E-state index in [-0.39, 0.29) is 35.7 Å². The van der Waals surface area contributed by atoms with Crippen LogP contribution in [0.1, 0.15) is 12.8 Å². The van der Waals surface area contributed by atoms with E-state index >= 15 is 0 Å². The molecule has 0 spiro atoms. The number of carbonyl (C=O) groups is 3. The Labute approximate surface area is 150 Å². The molecule has 4 amide bonds. The van der Waals surface area contributed by atoms with Gasteiger partial charge in [0.05, 0.1) is 28.6 Å². The van der Waals surface area contributed by atoms with E-state index in [4.69, 9.17) is 11.6 Å². The van der Waals surface area contributed by atoms with Crippen LogP contribution in [0.2, 0.25) is 5.02 Å². The highest BCUT2D eigenvalue weighted by Crippen LogP contribution is 2.37. The van der Waals surface area contributed by atoms with Gasteiger partial charge in [0.2, 0.25) is 11.8 Å². The first kappa shape index (κ1) is 16.1. The minimum absolute atomic E-state index is 0.0875. The predicted molar refractivity (Wildman–Crippen MR) is 93.0 cm³/mol. The molecular formula is C18H18ClN3O3. The van der Waals surface area contributed by atoms with Crippen LogP contribution in [0.4, 0.5) is 10.5 Å². The molecule has 0 bridgehead atoms. The maximum Gasteiger partial charge on any atom is 0.322 e. The van der Waals surface area contributed by atoms with Crippen LogP contribution in [0.15, 0.2) is 36.4 Å². The highest BCUT2D eigenvalue weighted by Gasteiger charge is 2.52. The van der Waals surface area contributed by atoms with Gasteiger partial charge in [0.15, 0.2) is 0 Å². The second kappa shape index (κ2) is 6.19. The number of imide groups is 1. The van der Waals surface area contributed by atoms with Gasteiger partial charge in [-0.2, -0.15) is 0 Å². The molecule has 2 aliphatic heterocycles. The SMILES string of the molecule is O=C(Nc1ccccc1Cl)N1CC(N2C(=O)C3CC=CCC3C2=O)C1. The summed E-state index contributed by atoms with van der Waals surface area (Å²) < 4.78 is 0. The van der Waals surface area contributed by atoms with Crippen molar-refractivity contribution in [2.24, 2.45) is 11.8 Å². The third-order valence-electron chi connectivity index (χ3n) is 5.17. The molecule has 1 aliphatic carbocycles. The van der Waals surface area contributed by atoms with Gasteiger partial charge < -0.3 is 10.2 Å². The zero-order valence-electron chi connectivity index (χ0n) is 13.5. The standard InChI is InChI=1S/C18H18ClN3O3/c19-14-7-3-4-8-15(14)20-18(25)21-9-11(10-21)22-16(23)12-5-1-2-6-13(12)17(22)24/h1-4,7-8,11-13H,5-6,9-10H2,(H,20,25). The van der Waals surface area contributed by atoms with E-state index in [1.54, 1.807) is 29.2 Å². The number of hydrogen-bond acceptors (Lipinski definition) is 3. The summed E-state index contributed by atoms with van der Waals surface area (Å²) in [5.74, 6) is -0.613. The van der Waals surface area contributed by atoms with Gasteiger partial charge in [0.1, 0.15) is 0 Å². The van der Waals surface area contributed by atoms with Crippen molar-refractivity contribution in [2.45, 2.75) is 18.9 Å². The lowest BCUT2D eigenvalue weighted by atomic mass is 9.85. The normalized spacial score (nSPS) is 25.8. The maximum absolute atomic E-state index is 12.5. The Hall–Kier alpha value is -2.34. The fourth-order valence-corrected chi connectivity index (χ4v) is 3.91. The van der Waals surface area contributed by atoms with Crippen LogP contribution in [0.5, 0.6) is 0 Å². The molecule has 1 N–H and O–H groups in total. The molecule has 2 unspecified atom stereocenters. The summed E-state index contributed by atoms with van der Waals surface area (Å²) >= 11 is 6.04. The number of nitrogens with one attached hydrogen (secondary N) is 1. The molecule has 2 atom stereocenters. The highest BCUT2D eigenvalue weighted by molar-refractivity contribution is 6.33. The van der Waals surface area contributed by atoms with Crippen molar-refractivity contribution in [1.29, 1.82) is 0 Å². The molecule has 2 heterocycles. The largest absolute Gasteiger partial charge is 0.322 e. The summed E-state index contributed by atoms with van der Waals surface area (Å²) in [4.78, 5) is 40.3. The van der Waals surface area contributed by atoms with E-state index in [0.717, 1.165) is 0 Å². The minimum Gasteiger partial charge on any atom is -0.320 e. The van der Waals surface area contributed by atoms with Crippen molar-refractivity contribution in [3.05, 3.63) is 41.4 Å². The molecular weight excluding hydrogens is 342 g/mol. The number of urea groups is 1. The third kappa shape index (κ3) is 2.70. The fraction of sp³-hybridized carbons (Fsp3) is 0.389. The number of rotatable bonds is 2. The molecule has 1 aromatic rings. The number of benzene rings is 1.